The summed E-state index contributed by atoms with van der Waals surface area (Å²) in [6, 6.07) is 12.2. The van der Waals surface area contributed by atoms with Crippen molar-refractivity contribution in [1.82, 2.24) is 9.62 Å². The highest BCUT2D eigenvalue weighted by atomic mass is 32.2. The van der Waals surface area contributed by atoms with Crippen LogP contribution in [0.5, 0.6) is 5.75 Å². The molecule has 0 bridgehead atoms. The molecule has 27 heavy (non-hydrogen) atoms. The lowest BCUT2D eigenvalue weighted by Crippen LogP contribution is -2.46. The van der Waals surface area contributed by atoms with Crippen molar-refractivity contribution in [1.29, 1.82) is 0 Å². The van der Waals surface area contributed by atoms with Gasteiger partial charge in [-0.2, -0.15) is 0 Å². The van der Waals surface area contributed by atoms with Crippen LogP contribution in [0.4, 0.5) is 4.39 Å². The van der Waals surface area contributed by atoms with Gasteiger partial charge in [-0.1, -0.05) is 24.3 Å². The highest BCUT2D eigenvalue weighted by molar-refractivity contribution is 7.88. The van der Waals surface area contributed by atoms with Crippen molar-refractivity contribution in [3.05, 3.63) is 65.5 Å². The molecular formula is C19H23FN2O4S. The number of amides is 1. The second-order valence-electron chi connectivity index (χ2n) is 6.28. The first-order valence-electron chi connectivity index (χ1n) is 8.31. The Bertz CT molecular complexity index is 885. The maximum atomic E-state index is 13.5. The molecule has 8 heteroatoms. The first kappa shape index (κ1) is 20.9. The summed E-state index contributed by atoms with van der Waals surface area (Å²) < 4.78 is 43.8. The SMILES string of the molecule is COc1ccc(CN(Cc2cccc(F)c2)C(=O)[C@@H](C)NS(C)(=O)=O)cc1. The van der Waals surface area contributed by atoms with Gasteiger partial charge in [0.15, 0.2) is 0 Å². The summed E-state index contributed by atoms with van der Waals surface area (Å²) >= 11 is 0. The van der Waals surface area contributed by atoms with Crippen LogP contribution in [0.15, 0.2) is 48.5 Å². The van der Waals surface area contributed by atoms with Gasteiger partial charge in [0, 0.05) is 13.1 Å². The van der Waals surface area contributed by atoms with E-state index in [2.05, 4.69) is 4.72 Å². The van der Waals surface area contributed by atoms with Crippen LogP contribution >= 0.6 is 0 Å². The quantitative estimate of drug-likeness (QED) is 0.746. The second kappa shape index (κ2) is 8.96. The predicted molar refractivity (Wildman–Crippen MR) is 101 cm³/mol. The number of methoxy groups -OCH3 is 1. The minimum Gasteiger partial charge on any atom is -0.497 e. The summed E-state index contributed by atoms with van der Waals surface area (Å²) in [4.78, 5) is 14.3. The molecule has 0 aromatic heterocycles. The van der Waals surface area contributed by atoms with E-state index in [0.717, 1.165) is 11.8 Å². The van der Waals surface area contributed by atoms with Crippen molar-refractivity contribution in [3.8, 4) is 5.75 Å². The molecule has 1 amide bonds. The van der Waals surface area contributed by atoms with Gasteiger partial charge in [0.1, 0.15) is 11.6 Å². The third-order valence-corrected chi connectivity index (χ3v) is 4.65. The molecule has 0 fully saturated rings. The zero-order chi connectivity index (χ0) is 20.0. The molecule has 0 aliphatic carbocycles. The molecule has 0 saturated carbocycles. The van der Waals surface area contributed by atoms with Gasteiger partial charge < -0.3 is 9.64 Å². The number of rotatable bonds is 8. The molecule has 6 nitrogen and oxygen atoms in total. The standard InChI is InChI=1S/C19H23FN2O4S/c1-14(21-27(3,24)25)19(23)22(13-16-5-4-6-17(20)11-16)12-15-7-9-18(26-2)10-8-15/h4-11,14,21H,12-13H2,1-3H3/t14-/m1/s1. The largest absolute Gasteiger partial charge is 0.497 e. The van der Waals surface area contributed by atoms with Crippen LogP contribution in [0.1, 0.15) is 18.1 Å². The highest BCUT2D eigenvalue weighted by Crippen LogP contribution is 2.16. The number of ether oxygens (including phenoxy) is 1. The molecule has 0 aliphatic rings. The first-order valence-corrected chi connectivity index (χ1v) is 10.2. The zero-order valence-electron chi connectivity index (χ0n) is 15.5. The van der Waals surface area contributed by atoms with Crippen LogP contribution in [-0.4, -0.2) is 38.6 Å². The second-order valence-corrected chi connectivity index (χ2v) is 8.06. The fourth-order valence-corrected chi connectivity index (χ4v) is 3.41. The first-order chi connectivity index (χ1) is 12.7. The van der Waals surface area contributed by atoms with Crippen molar-refractivity contribution in [2.75, 3.05) is 13.4 Å². The van der Waals surface area contributed by atoms with Gasteiger partial charge in [0.25, 0.3) is 0 Å². The van der Waals surface area contributed by atoms with Crippen molar-refractivity contribution < 1.29 is 22.3 Å². The Morgan fingerprint density at radius 1 is 1.15 bits per heavy atom. The van der Waals surface area contributed by atoms with E-state index in [9.17, 15) is 17.6 Å². The number of halogens is 1. The summed E-state index contributed by atoms with van der Waals surface area (Å²) in [5, 5.41) is 0. The van der Waals surface area contributed by atoms with Crippen LogP contribution < -0.4 is 9.46 Å². The van der Waals surface area contributed by atoms with E-state index in [0.29, 0.717) is 11.3 Å². The summed E-state index contributed by atoms with van der Waals surface area (Å²) in [6.07, 6.45) is 0.997. The van der Waals surface area contributed by atoms with Crippen molar-refractivity contribution >= 4 is 15.9 Å². The van der Waals surface area contributed by atoms with Crippen LogP contribution in [0, 0.1) is 5.82 Å². The zero-order valence-corrected chi connectivity index (χ0v) is 16.3. The number of hydrogen-bond donors (Lipinski definition) is 1. The molecular weight excluding hydrogens is 371 g/mol. The molecule has 1 N–H and O–H groups in total. The lowest BCUT2D eigenvalue weighted by atomic mass is 10.1. The van der Waals surface area contributed by atoms with Crippen LogP contribution in [0.25, 0.3) is 0 Å². The minimum atomic E-state index is -3.54. The summed E-state index contributed by atoms with van der Waals surface area (Å²) in [7, 11) is -1.97. The monoisotopic (exact) mass is 394 g/mol. The third-order valence-electron chi connectivity index (χ3n) is 3.87. The number of nitrogens with one attached hydrogen (secondary N) is 1. The maximum Gasteiger partial charge on any atom is 0.241 e. The summed E-state index contributed by atoms with van der Waals surface area (Å²) in [6.45, 7) is 1.88. The topological polar surface area (TPSA) is 75.7 Å². The number of nitrogens with zero attached hydrogens (tertiary/aromatic N) is 1. The Labute approximate surface area is 159 Å². The predicted octanol–water partition coefficient (Wildman–Crippen LogP) is 2.30. The average molecular weight is 394 g/mol. The van der Waals surface area contributed by atoms with E-state index in [1.807, 2.05) is 12.1 Å². The molecule has 0 unspecified atom stereocenters. The van der Waals surface area contributed by atoms with E-state index >= 15 is 0 Å². The van der Waals surface area contributed by atoms with Crippen LogP contribution in [-0.2, 0) is 27.9 Å². The average Bonchev–Trinajstić information content (AvgIpc) is 2.59. The molecule has 1 atom stereocenters. The molecule has 0 radical (unpaired) electrons. The fourth-order valence-electron chi connectivity index (χ4n) is 2.66. The van der Waals surface area contributed by atoms with Crippen LogP contribution in [0.2, 0.25) is 0 Å². The van der Waals surface area contributed by atoms with Gasteiger partial charge in [-0.05, 0) is 42.3 Å². The van der Waals surface area contributed by atoms with Gasteiger partial charge in [-0.15, -0.1) is 0 Å². The van der Waals surface area contributed by atoms with Crippen molar-refractivity contribution in [2.24, 2.45) is 0 Å². The molecule has 0 heterocycles. The Morgan fingerprint density at radius 2 is 1.78 bits per heavy atom. The van der Waals surface area contributed by atoms with Gasteiger partial charge in [-0.25, -0.2) is 17.5 Å². The van der Waals surface area contributed by atoms with E-state index in [4.69, 9.17) is 4.74 Å². The lowest BCUT2D eigenvalue weighted by Gasteiger charge is -2.26. The normalized spacial score (nSPS) is 12.4. The van der Waals surface area contributed by atoms with Gasteiger partial charge >= 0.3 is 0 Å². The Balaban J connectivity index is 2.24. The van der Waals surface area contributed by atoms with Crippen molar-refractivity contribution in [2.45, 2.75) is 26.1 Å². The molecule has 0 saturated heterocycles. The van der Waals surface area contributed by atoms with Crippen LogP contribution in [0.3, 0.4) is 0 Å². The Morgan fingerprint density at radius 3 is 2.33 bits per heavy atom. The smallest absolute Gasteiger partial charge is 0.241 e. The highest BCUT2D eigenvalue weighted by Gasteiger charge is 2.23. The fraction of sp³-hybridized carbons (Fsp3) is 0.316. The van der Waals surface area contributed by atoms with E-state index in [1.165, 1.54) is 24.0 Å². The van der Waals surface area contributed by atoms with E-state index in [-0.39, 0.29) is 13.1 Å². The van der Waals surface area contributed by atoms with Crippen molar-refractivity contribution in [3.63, 3.8) is 0 Å². The molecule has 2 rings (SSSR count). The summed E-state index contributed by atoms with van der Waals surface area (Å²) in [5.74, 6) is -0.110. The lowest BCUT2D eigenvalue weighted by molar-refractivity contribution is -0.133. The van der Waals surface area contributed by atoms with Gasteiger partial charge in [0.2, 0.25) is 15.9 Å². The van der Waals surface area contributed by atoms with E-state index < -0.39 is 27.8 Å². The van der Waals surface area contributed by atoms with Gasteiger partial charge in [-0.3, -0.25) is 4.79 Å². The third kappa shape index (κ3) is 6.65. The number of hydrogen-bond acceptors (Lipinski definition) is 4. The molecule has 0 spiro atoms. The number of carbonyl (C=O) groups is 1. The Hall–Kier alpha value is -2.45. The number of sulfonamides is 1. The number of benzene rings is 2. The number of carbonyl (C=O) groups excluding carboxylic acids is 1. The molecule has 2 aromatic carbocycles. The van der Waals surface area contributed by atoms with E-state index in [1.54, 1.807) is 31.4 Å². The molecule has 0 aliphatic heterocycles. The van der Waals surface area contributed by atoms with Gasteiger partial charge in [0.05, 0.1) is 19.4 Å². The maximum absolute atomic E-state index is 13.5. The molecule has 146 valence electrons. The Kier molecular flexibility index (Phi) is 6.92. The summed E-state index contributed by atoms with van der Waals surface area (Å²) in [5.41, 5.74) is 1.45. The minimum absolute atomic E-state index is 0.151. The molecule has 2 aromatic rings.